The fourth-order valence-electron chi connectivity index (χ4n) is 5.98. The molecule has 1 amide bonds. The van der Waals surface area contributed by atoms with Crippen LogP contribution in [0.4, 0.5) is 0 Å². The van der Waals surface area contributed by atoms with Crippen molar-refractivity contribution < 1.29 is 24.5 Å². The molecule has 234 valence electrons. The molecule has 44 heavy (non-hydrogen) atoms. The van der Waals surface area contributed by atoms with Crippen molar-refractivity contribution in [1.82, 2.24) is 20.1 Å². The average Bonchev–Trinajstić information content (AvgIpc) is 3.69. The molecule has 2 aromatic carbocycles. The van der Waals surface area contributed by atoms with E-state index in [1.54, 1.807) is 17.4 Å². The van der Waals surface area contributed by atoms with Crippen molar-refractivity contribution in [1.29, 1.82) is 0 Å². The number of nitrogens with zero attached hydrogens (tertiary/aromatic N) is 2. The molecule has 4 heterocycles. The number of morpholine rings is 1. The van der Waals surface area contributed by atoms with Crippen molar-refractivity contribution in [3.8, 4) is 11.5 Å². The number of thiazole rings is 1. The van der Waals surface area contributed by atoms with E-state index < -0.39 is 6.10 Å². The number of thiophene rings is 1. The first-order chi connectivity index (χ1) is 21.4. The Morgan fingerprint density at radius 1 is 1.14 bits per heavy atom. The zero-order valence-electron chi connectivity index (χ0n) is 24.5. The summed E-state index contributed by atoms with van der Waals surface area (Å²) >= 11 is 2.61. The van der Waals surface area contributed by atoms with Crippen LogP contribution in [0.25, 0.3) is 10.2 Å². The van der Waals surface area contributed by atoms with Gasteiger partial charge in [0.15, 0.2) is 0 Å². The number of hydrogen-bond acceptors (Lipinski definition) is 10. The molecule has 1 atom stereocenters. The largest absolute Gasteiger partial charge is 0.506 e. The maximum absolute atomic E-state index is 12.9. The highest BCUT2D eigenvalue weighted by molar-refractivity contribution is 7.16. The Labute approximate surface area is 263 Å². The first kappa shape index (κ1) is 30.8. The van der Waals surface area contributed by atoms with Crippen molar-refractivity contribution in [3.05, 3.63) is 79.6 Å². The molecule has 0 aliphatic carbocycles. The van der Waals surface area contributed by atoms with E-state index in [-0.39, 0.29) is 22.1 Å². The van der Waals surface area contributed by atoms with Gasteiger partial charge in [0.1, 0.15) is 23.6 Å². The highest BCUT2D eigenvalue weighted by atomic mass is 32.1. The third kappa shape index (κ3) is 7.33. The van der Waals surface area contributed by atoms with Crippen LogP contribution in [0, 0.1) is 0 Å². The lowest BCUT2D eigenvalue weighted by Gasteiger charge is -2.47. The first-order valence-electron chi connectivity index (χ1n) is 15.0. The van der Waals surface area contributed by atoms with Crippen LogP contribution in [0.3, 0.4) is 0 Å². The van der Waals surface area contributed by atoms with E-state index in [9.17, 15) is 19.8 Å². The minimum absolute atomic E-state index is 0.00534. The molecule has 2 fully saturated rings. The van der Waals surface area contributed by atoms with Gasteiger partial charge in [-0.15, -0.1) is 11.3 Å². The molecule has 2 saturated heterocycles. The number of fused-ring (bicyclic) bond motifs is 1. The zero-order chi connectivity index (χ0) is 30.5. The third-order valence-corrected chi connectivity index (χ3v) is 10.3. The maximum Gasteiger partial charge on any atom is 0.305 e. The van der Waals surface area contributed by atoms with Gasteiger partial charge in [-0.1, -0.05) is 35.6 Å². The minimum Gasteiger partial charge on any atom is -0.506 e. The zero-order valence-corrected chi connectivity index (χ0v) is 26.1. The van der Waals surface area contributed by atoms with Crippen LogP contribution in [-0.4, -0.2) is 89.0 Å². The number of nitrogens with one attached hydrogen (secondary N) is 2. The van der Waals surface area contributed by atoms with Gasteiger partial charge in [0.05, 0.1) is 29.4 Å². The summed E-state index contributed by atoms with van der Waals surface area (Å²) in [5.74, 6) is 0.999. The number of phenolic OH excluding ortho intramolecular Hbond substituents is 1. The topological polar surface area (TPSA) is 127 Å². The number of phenols is 1. The summed E-state index contributed by atoms with van der Waals surface area (Å²) < 4.78 is 12.8. The molecule has 0 saturated carbocycles. The average molecular weight is 639 g/mol. The van der Waals surface area contributed by atoms with Crippen molar-refractivity contribution in [3.63, 3.8) is 0 Å². The van der Waals surface area contributed by atoms with E-state index in [1.165, 1.54) is 6.07 Å². The first-order valence-corrected chi connectivity index (χ1v) is 16.7. The van der Waals surface area contributed by atoms with Gasteiger partial charge >= 0.3 is 4.87 Å². The van der Waals surface area contributed by atoms with Crippen LogP contribution in [-0.2, 0) is 22.5 Å². The molecule has 4 N–H and O–H groups in total. The van der Waals surface area contributed by atoms with Gasteiger partial charge in [-0.3, -0.25) is 14.5 Å². The highest BCUT2D eigenvalue weighted by Gasteiger charge is 2.40. The van der Waals surface area contributed by atoms with E-state index in [2.05, 4.69) is 15.2 Å². The van der Waals surface area contributed by atoms with E-state index >= 15 is 0 Å². The van der Waals surface area contributed by atoms with Crippen LogP contribution in [0.15, 0.2) is 58.7 Å². The fraction of sp³-hybridized carbons (Fsp3) is 0.438. The molecule has 2 aliphatic heterocycles. The second-order valence-corrected chi connectivity index (χ2v) is 13.5. The number of ether oxygens (including phenoxy) is 2. The number of aliphatic hydroxyl groups is 1. The van der Waals surface area contributed by atoms with Crippen molar-refractivity contribution in [2.45, 2.75) is 37.5 Å². The molecule has 0 radical (unpaired) electrons. The number of rotatable bonds is 11. The number of amides is 1. The molecule has 12 heteroatoms. The summed E-state index contributed by atoms with van der Waals surface area (Å²) in [6.45, 7) is 6.09. The highest BCUT2D eigenvalue weighted by Crippen LogP contribution is 2.32. The quantitative estimate of drug-likeness (QED) is 0.197. The molecule has 10 nitrogen and oxygen atoms in total. The second kappa shape index (κ2) is 13.8. The number of likely N-dealkylation sites (tertiary alicyclic amines) is 1. The number of aromatic hydroxyl groups is 1. The standard InChI is InChI=1S/C32H38N4O6S2/c37-26-8-7-25(30-29(26)34-31(40)44-30)27(38)20-33-19-22-3-5-23(6-4-22)41-15-13-35-11-9-32(10-12-35)21-36(14-16-42-32)28(39)18-24-2-1-17-43-24/h1-8,17,27,33,37-38H,9-16,18-21H2,(H,34,40)/t27-/m0/s1. The van der Waals surface area contributed by atoms with Gasteiger partial charge in [0, 0.05) is 56.3 Å². The summed E-state index contributed by atoms with van der Waals surface area (Å²) in [4.78, 5) is 32.4. The molecular weight excluding hydrogens is 601 g/mol. The number of aliphatic hydroxyl groups excluding tert-OH is 1. The molecule has 6 rings (SSSR count). The number of hydrogen-bond donors (Lipinski definition) is 4. The van der Waals surface area contributed by atoms with E-state index in [4.69, 9.17) is 9.47 Å². The Balaban J connectivity index is 0.900. The number of H-pyrrole nitrogens is 1. The third-order valence-electron chi connectivity index (χ3n) is 8.49. The second-order valence-electron chi connectivity index (χ2n) is 11.5. The lowest BCUT2D eigenvalue weighted by atomic mass is 9.89. The van der Waals surface area contributed by atoms with E-state index in [0.717, 1.165) is 60.0 Å². The van der Waals surface area contributed by atoms with Crippen molar-refractivity contribution >= 4 is 38.8 Å². The van der Waals surface area contributed by atoms with Crippen LogP contribution in [0.2, 0.25) is 0 Å². The van der Waals surface area contributed by atoms with Gasteiger partial charge in [-0.25, -0.2) is 0 Å². The number of piperidine rings is 1. The van der Waals surface area contributed by atoms with Crippen molar-refractivity contribution in [2.24, 2.45) is 0 Å². The summed E-state index contributed by atoms with van der Waals surface area (Å²) in [5, 5.41) is 25.9. The molecule has 0 bridgehead atoms. The maximum atomic E-state index is 12.9. The van der Waals surface area contributed by atoms with Gasteiger partial charge < -0.3 is 34.9 Å². The number of aromatic nitrogens is 1. The molecular formula is C32H38N4O6S2. The molecule has 2 aliphatic rings. The number of carbonyl (C=O) groups excluding carboxylic acids is 1. The Bertz CT molecular complexity index is 1600. The Hall–Kier alpha value is -3.26. The molecule has 4 aromatic rings. The summed E-state index contributed by atoms with van der Waals surface area (Å²) in [6.07, 6.45) is 1.48. The Kier molecular flexibility index (Phi) is 9.65. The van der Waals surface area contributed by atoms with Gasteiger partial charge in [-0.05, 0) is 48.1 Å². The van der Waals surface area contributed by atoms with Gasteiger partial charge in [0.25, 0.3) is 0 Å². The number of benzene rings is 2. The number of carbonyl (C=O) groups is 1. The number of aromatic amines is 1. The van der Waals surface area contributed by atoms with Crippen molar-refractivity contribution in [2.75, 3.05) is 52.5 Å². The van der Waals surface area contributed by atoms with E-state index in [0.29, 0.717) is 61.6 Å². The summed E-state index contributed by atoms with van der Waals surface area (Å²) in [7, 11) is 0. The smallest absolute Gasteiger partial charge is 0.305 e. The summed E-state index contributed by atoms with van der Waals surface area (Å²) in [6, 6.07) is 15.1. The van der Waals surface area contributed by atoms with Gasteiger partial charge in [0.2, 0.25) is 5.91 Å². The van der Waals surface area contributed by atoms with Crippen LogP contribution in [0.1, 0.15) is 34.9 Å². The van der Waals surface area contributed by atoms with E-state index in [1.807, 2.05) is 46.7 Å². The van der Waals surface area contributed by atoms with Crippen LogP contribution >= 0.6 is 22.7 Å². The molecule has 2 aromatic heterocycles. The van der Waals surface area contributed by atoms with Gasteiger partial charge in [-0.2, -0.15) is 0 Å². The van der Waals surface area contributed by atoms with Crippen LogP contribution in [0.5, 0.6) is 11.5 Å². The molecule has 1 spiro atoms. The predicted octanol–water partition coefficient (Wildman–Crippen LogP) is 3.49. The monoisotopic (exact) mass is 638 g/mol. The Morgan fingerprint density at radius 3 is 2.73 bits per heavy atom. The SMILES string of the molecule is O=C(Cc1cccs1)N1CCOC2(CCN(CCOc3ccc(CNC[C@H](O)c4ccc(O)c5[nH]c(=O)sc45)cc3)CC2)C1. The normalized spacial score (nSPS) is 17.7. The lowest BCUT2D eigenvalue weighted by molar-refractivity contribution is -0.159. The summed E-state index contributed by atoms with van der Waals surface area (Å²) in [5.41, 5.74) is 1.79. The fourth-order valence-corrected chi connectivity index (χ4v) is 7.59. The Morgan fingerprint density at radius 2 is 1.95 bits per heavy atom. The lowest BCUT2D eigenvalue weighted by Crippen LogP contribution is -2.58. The van der Waals surface area contributed by atoms with Crippen LogP contribution < -0.4 is 14.9 Å². The predicted molar refractivity (Wildman–Crippen MR) is 172 cm³/mol. The minimum atomic E-state index is -0.820. The molecule has 0 unspecified atom stereocenters.